The molecule has 18 heavy (non-hydrogen) atoms. The van der Waals surface area contributed by atoms with Crippen LogP contribution in [-0.4, -0.2) is 23.2 Å². The smallest absolute Gasteiger partial charge is 0.744 e. The van der Waals surface area contributed by atoms with Gasteiger partial charge in [-0.15, -0.1) is 0 Å². The molecule has 0 bridgehead atoms. The van der Waals surface area contributed by atoms with Crippen LogP contribution >= 0.6 is 0 Å². The number of nitrogens with two attached hydrogens (primary N) is 1. The number of phenols is 2. The van der Waals surface area contributed by atoms with Crippen molar-refractivity contribution in [2.45, 2.75) is 4.90 Å². The van der Waals surface area contributed by atoms with Crippen LogP contribution < -0.4 is 35.3 Å². The van der Waals surface area contributed by atoms with E-state index in [1.165, 1.54) is 18.2 Å². The maximum atomic E-state index is 10.9. The van der Waals surface area contributed by atoms with E-state index in [4.69, 9.17) is 5.73 Å². The van der Waals surface area contributed by atoms with E-state index >= 15 is 0 Å². The Morgan fingerprint density at radius 3 is 2.28 bits per heavy atom. The fraction of sp³-hybridized carbons (Fsp3) is 0. The molecule has 2 aromatic rings. The topological polar surface area (TPSA) is 124 Å². The van der Waals surface area contributed by atoms with Crippen LogP contribution in [0.25, 0.3) is 10.8 Å². The zero-order chi connectivity index (χ0) is 12.8. The molecule has 0 atom stereocenters. The predicted molar refractivity (Wildman–Crippen MR) is 59.7 cm³/mol. The molecule has 2 aromatic carbocycles. The maximum Gasteiger partial charge on any atom is 1.00 e. The van der Waals surface area contributed by atoms with Crippen LogP contribution in [-0.2, 0) is 10.1 Å². The quantitative estimate of drug-likeness (QED) is 0.234. The first-order valence-electron chi connectivity index (χ1n) is 4.51. The van der Waals surface area contributed by atoms with E-state index in [2.05, 4.69) is 0 Å². The van der Waals surface area contributed by atoms with Gasteiger partial charge in [0.15, 0.2) is 11.5 Å². The Labute approximate surface area is 125 Å². The Morgan fingerprint density at radius 1 is 1.11 bits per heavy atom. The van der Waals surface area contributed by atoms with Gasteiger partial charge >= 0.3 is 29.6 Å². The van der Waals surface area contributed by atoms with Gasteiger partial charge in [-0.05, 0) is 29.7 Å². The van der Waals surface area contributed by atoms with Gasteiger partial charge in [0, 0.05) is 11.1 Å². The third-order valence-electron chi connectivity index (χ3n) is 2.34. The van der Waals surface area contributed by atoms with Crippen molar-refractivity contribution < 1.29 is 52.7 Å². The molecule has 0 unspecified atom stereocenters. The second kappa shape index (κ2) is 4.94. The summed E-state index contributed by atoms with van der Waals surface area (Å²) in [5, 5.41) is 19.5. The predicted octanol–water partition coefficient (Wildman–Crippen LogP) is -2.26. The van der Waals surface area contributed by atoms with Gasteiger partial charge < -0.3 is 20.5 Å². The molecule has 0 aliphatic rings. The molecule has 0 amide bonds. The van der Waals surface area contributed by atoms with E-state index in [0.29, 0.717) is 5.69 Å². The van der Waals surface area contributed by atoms with Gasteiger partial charge in [-0.2, -0.15) is 0 Å². The molecule has 0 spiro atoms. The van der Waals surface area contributed by atoms with Crippen molar-refractivity contribution in [1.82, 2.24) is 0 Å². The average Bonchev–Trinajstić information content (AvgIpc) is 2.21. The van der Waals surface area contributed by atoms with Gasteiger partial charge in [-0.1, -0.05) is 0 Å². The standard InChI is InChI=1S/C10H9NO5S.Na/c11-6-1-2-7-5(3-6)4-8(17(14,15)16)10(13)9(7)12;/h1-4,12-13H,11H2,(H,14,15,16);/q;+1/p-1. The van der Waals surface area contributed by atoms with E-state index in [9.17, 15) is 23.2 Å². The van der Waals surface area contributed by atoms with Crippen LogP contribution in [0.3, 0.4) is 0 Å². The first-order chi connectivity index (χ1) is 7.80. The maximum absolute atomic E-state index is 10.9. The molecule has 0 saturated heterocycles. The third kappa shape index (κ3) is 2.55. The van der Waals surface area contributed by atoms with E-state index in [0.717, 1.165) is 6.07 Å². The van der Waals surface area contributed by atoms with E-state index in [1.807, 2.05) is 0 Å². The summed E-state index contributed by atoms with van der Waals surface area (Å²) < 4.78 is 32.6. The molecule has 4 N–H and O–H groups in total. The summed E-state index contributed by atoms with van der Waals surface area (Å²) in [6.07, 6.45) is 0. The molecule has 0 aliphatic heterocycles. The average molecular weight is 277 g/mol. The zero-order valence-electron chi connectivity index (χ0n) is 9.41. The molecule has 8 heteroatoms. The molecule has 2 rings (SSSR count). The first-order valence-corrected chi connectivity index (χ1v) is 5.91. The Hall–Kier alpha value is -0.990. The Morgan fingerprint density at radius 2 is 1.72 bits per heavy atom. The zero-order valence-corrected chi connectivity index (χ0v) is 12.2. The van der Waals surface area contributed by atoms with Gasteiger partial charge in [0.05, 0.1) is 0 Å². The molecule has 0 aliphatic carbocycles. The molecule has 6 nitrogen and oxygen atoms in total. The van der Waals surface area contributed by atoms with Crippen LogP contribution in [0.5, 0.6) is 11.5 Å². The van der Waals surface area contributed by atoms with Crippen molar-refractivity contribution in [2.75, 3.05) is 5.73 Å². The molecule has 0 radical (unpaired) electrons. The minimum Gasteiger partial charge on any atom is -0.744 e. The number of hydrogen-bond acceptors (Lipinski definition) is 6. The second-order valence-corrected chi connectivity index (χ2v) is 4.85. The minimum atomic E-state index is -4.86. The van der Waals surface area contributed by atoms with Gasteiger partial charge in [0.25, 0.3) is 0 Å². The fourth-order valence-corrected chi connectivity index (χ4v) is 2.17. The fourth-order valence-electron chi connectivity index (χ4n) is 1.56. The van der Waals surface area contributed by atoms with Crippen molar-refractivity contribution in [2.24, 2.45) is 0 Å². The molecular formula is C10H8NNaO5S. The SMILES string of the molecule is Nc1ccc2c(O)c(O)c(S(=O)(=O)[O-])cc2c1.[Na+]. The van der Waals surface area contributed by atoms with Gasteiger partial charge in [-0.25, -0.2) is 8.42 Å². The van der Waals surface area contributed by atoms with Gasteiger partial charge in [-0.3, -0.25) is 0 Å². The normalized spacial score (nSPS) is 11.2. The number of hydrogen-bond donors (Lipinski definition) is 3. The molecule has 0 heterocycles. The van der Waals surface area contributed by atoms with Crippen molar-refractivity contribution in [3.8, 4) is 11.5 Å². The van der Waals surface area contributed by atoms with Gasteiger partial charge in [0.1, 0.15) is 15.0 Å². The second-order valence-electron chi connectivity index (χ2n) is 3.51. The summed E-state index contributed by atoms with van der Waals surface area (Å²) in [5.41, 5.74) is 5.84. The first kappa shape index (κ1) is 15.1. The molecule has 0 fully saturated rings. The molecule has 0 saturated carbocycles. The summed E-state index contributed by atoms with van der Waals surface area (Å²) in [4.78, 5) is -0.867. The molecule has 0 aromatic heterocycles. The molecular weight excluding hydrogens is 269 g/mol. The van der Waals surface area contributed by atoms with Crippen molar-refractivity contribution in [1.29, 1.82) is 0 Å². The number of rotatable bonds is 1. The number of aromatic hydroxyl groups is 2. The van der Waals surface area contributed by atoms with Gasteiger partial charge in [0.2, 0.25) is 0 Å². The van der Waals surface area contributed by atoms with Crippen molar-refractivity contribution in [3.05, 3.63) is 24.3 Å². The monoisotopic (exact) mass is 277 g/mol. The summed E-state index contributed by atoms with van der Waals surface area (Å²) in [5.74, 6) is -1.60. The van der Waals surface area contributed by atoms with Crippen LogP contribution in [0.15, 0.2) is 29.2 Å². The number of nitrogen functional groups attached to an aromatic ring is 1. The molecule has 90 valence electrons. The van der Waals surface area contributed by atoms with Crippen LogP contribution in [0.1, 0.15) is 0 Å². The van der Waals surface area contributed by atoms with E-state index < -0.39 is 26.5 Å². The number of benzene rings is 2. The third-order valence-corrected chi connectivity index (χ3v) is 3.19. The summed E-state index contributed by atoms with van der Waals surface area (Å²) in [6, 6.07) is 5.26. The van der Waals surface area contributed by atoms with Crippen LogP contribution in [0.2, 0.25) is 0 Å². The van der Waals surface area contributed by atoms with Crippen molar-refractivity contribution in [3.63, 3.8) is 0 Å². The number of phenolic OH excluding ortho intramolecular Hbond substituents is 2. The summed E-state index contributed by atoms with van der Waals surface area (Å²) in [6.45, 7) is 0. The van der Waals surface area contributed by atoms with Crippen LogP contribution in [0.4, 0.5) is 5.69 Å². The Bertz CT molecular complexity index is 714. The Balaban J connectivity index is 0.00000162. The van der Waals surface area contributed by atoms with Crippen LogP contribution in [0, 0.1) is 0 Å². The number of anilines is 1. The van der Waals surface area contributed by atoms with Crippen molar-refractivity contribution >= 4 is 26.6 Å². The Kier molecular flexibility index (Phi) is 4.14. The summed E-state index contributed by atoms with van der Waals surface area (Å²) >= 11 is 0. The number of fused-ring (bicyclic) bond motifs is 1. The van der Waals surface area contributed by atoms with E-state index in [-0.39, 0.29) is 40.3 Å². The summed E-state index contributed by atoms with van der Waals surface area (Å²) in [7, 11) is -4.86. The largest absolute Gasteiger partial charge is 1.00 e. The minimum absolute atomic E-state index is 0. The van der Waals surface area contributed by atoms with E-state index in [1.54, 1.807) is 0 Å².